The number of aryl methyl sites for hydroxylation is 1. The van der Waals surface area contributed by atoms with Crippen LogP contribution in [0.4, 0.5) is 0 Å². The van der Waals surface area contributed by atoms with E-state index in [1.807, 2.05) is 42.7 Å². The van der Waals surface area contributed by atoms with Gasteiger partial charge in [-0.1, -0.05) is 29.5 Å². The van der Waals surface area contributed by atoms with Crippen LogP contribution in [0.15, 0.2) is 47.5 Å². The smallest absolute Gasteiger partial charge is 0.283 e. The Labute approximate surface area is 150 Å². The lowest BCUT2D eigenvalue weighted by atomic mass is 10.2. The van der Waals surface area contributed by atoms with Gasteiger partial charge >= 0.3 is 0 Å². The van der Waals surface area contributed by atoms with E-state index in [1.54, 1.807) is 25.3 Å². The van der Waals surface area contributed by atoms with Gasteiger partial charge in [-0.05, 0) is 38.1 Å². The van der Waals surface area contributed by atoms with Gasteiger partial charge in [0.1, 0.15) is 17.0 Å². The molecule has 0 radical (unpaired) electrons. The summed E-state index contributed by atoms with van der Waals surface area (Å²) in [5.74, 6) is 1.02. The first-order chi connectivity index (χ1) is 12.2. The molecule has 0 saturated heterocycles. The van der Waals surface area contributed by atoms with E-state index in [4.69, 9.17) is 9.47 Å². The van der Waals surface area contributed by atoms with Crippen LogP contribution < -0.4 is 14.3 Å². The topological polar surface area (TPSA) is 52.8 Å². The second kappa shape index (κ2) is 7.53. The Morgan fingerprint density at radius 2 is 1.88 bits per heavy atom. The monoisotopic (exact) mass is 356 g/mol. The van der Waals surface area contributed by atoms with Gasteiger partial charge in [-0.3, -0.25) is 4.79 Å². The third kappa shape index (κ3) is 3.30. The molecule has 1 amide bonds. The molecule has 0 bridgehead atoms. The number of rotatable bonds is 5. The second-order valence-electron chi connectivity index (χ2n) is 5.28. The van der Waals surface area contributed by atoms with E-state index in [0.717, 1.165) is 16.0 Å². The number of hydrogen-bond donors (Lipinski definition) is 0. The number of fused-ring (bicyclic) bond motifs is 1. The second-order valence-corrected chi connectivity index (χ2v) is 6.29. The van der Waals surface area contributed by atoms with Crippen molar-refractivity contribution in [1.82, 2.24) is 4.57 Å². The molecule has 0 unspecified atom stereocenters. The molecule has 1 heterocycles. The lowest BCUT2D eigenvalue weighted by Gasteiger charge is -2.07. The summed E-state index contributed by atoms with van der Waals surface area (Å²) in [6.45, 7) is 5.27. The van der Waals surface area contributed by atoms with Crippen molar-refractivity contribution in [1.29, 1.82) is 0 Å². The Morgan fingerprint density at radius 1 is 1.12 bits per heavy atom. The van der Waals surface area contributed by atoms with E-state index in [2.05, 4.69) is 4.99 Å². The highest BCUT2D eigenvalue weighted by atomic mass is 32.1. The molecule has 0 fully saturated rings. The molecule has 2 aromatic carbocycles. The van der Waals surface area contributed by atoms with E-state index >= 15 is 0 Å². The molecule has 5 nitrogen and oxygen atoms in total. The number of nitrogens with zero attached hydrogens (tertiary/aromatic N) is 2. The fraction of sp³-hybridized carbons (Fsp3) is 0.263. The number of ether oxygens (including phenoxy) is 2. The van der Waals surface area contributed by atoms with Crippen LogP contribution in [0.5, 0.6) is 11.5 Å². The van der Waals surface area contributed by atoms with Gasteiger partial charge < -0.3 is 14.0 Å². The van der Waals surface area contributed by atoms with Crippen molar-refractivity contribution >= 4 is 27.5 Å². The maximum absolute atomic E-state index is 12.7. The summed E-state index contributed by atoms with van der Waals surface area (Å²) in [5.41, 5.74) is 1.43. The van der Waals surface area contributed by atoms with Gasteiger partial charge in [0.05, 0.1) is 24.0 Å². The van der Waals surface area contributed by atoms with Gasteiger partial charge in [-0.25, -0.2) is 0 Å². The van der Waals surface area contributed by atoms with Crippen molar-refractivity contribution < 1.29 is 14.3 Å². The minimum absolute atomic E-state index is 0.316. The lowest BCUT2D eigenvalue weighted by molar-refractivity contribution is 0.0995. The quantitative estimate of drug-likeness (QED) is 0.697. The largest absolute Gasteiger partial charge is 0.496 e. The SMILES string of the molecule is CCOc1cccc2sc(=NC(=O)c3ccccc3OC)n(CC)c12. The highest BCUT2D eigenvalue weighted by Gasteiger charge is 2.14. The molecule has 0 aliphatic carbocycles. The molecule has 1 aromatic heterocycles. The number of amides is 1. The average Bonchev–Trinajstić information content (AvgIpc) is 2.99. The Balaban J connectivity index is 2.16. The molecule has 0 saturated carbocycles. The molecule has 0 aliphatic heterocycles. The third-order valence-electron chi connectivity index (χ3n) is 3.81. The maximum Gasteiger partial charge on any atom is 0.283 e. The summed E-state index contributed by atoms with van der Waals surface area (Å²) in [7, 11) is 1.55. The van der Waals surface area contributed by atoms with Crippen LogP contribution in [0.2, 0.25) is 0 Å². The van der Waals surface area contributed by atoms with Crippen LogP contribution in [0.1, 0.15) is 24.2 Å². The van der Waals surface area contributed by atoms with E-state index < -0.39 is 0 Å². The van der Waals surface area contributed by atoms with Crippen LogP contribution in [0.25, 0.3) is 10.2 Å². The number of thiazole rings is 1. The number of carbonyl (C=O) groups is 1. The third-order valence-corrected chi connectivity index (χ3v) is 4.86. The summed E-state index contributed by atoms with van der Waals surface area (Å²) in [6.07, 6.45) is 0. The van der Waals surface area contributed by atoms with Crippen molar-refractivity contribution in [2.75, 3.05) is 13.7 Å². The highest BCUT2D eigenvalue weighted by Crippen LogP contribution is 2.27. The molecule has 0 aliphatic rings. The fourth-order valence-electron chi connectivity index (χ4n) is 2.72. The van der Waals surface area contributed by atoms with Crippen LogP contribution in [0.3, 0.4) is 0 Å². The zero-order valence-corrected chi connectivity index (χ0v) is 15.3. The van der Waals surface area contributed by atoms with Crippen LogP contribution in [-0.2, 0) is 6.54 Å². The maximum atomic E-state index is 12.7. The van der Waals surface area contributed by atoms with Crippen molar-refractivity contribution in [3.05, 3.63) is 52.8 Å². The van der Waals surface area contributed by atoms with Gasteiger partial charge in [0.2, 0.25) is 0 Å². The van der Waals surface area contributed by atoms with E-state index in [0.29, 0.717) is 29.3 Å². The zero-order valence-electron chi connectivity index (χ0n) is 14.5. The Morgan fingerprint density at radius 3 is 2.60 bits per heavy atom. The first-order valence-corrected chi connectivity index (χ1v) is 8.98. The number of benzene rings is 2. The molecule has 0 atom stereocenters. The molecule has 6 heteroatoms. The standard InChI is InChI=1S/C19H20N2O3S/c1-4-21-17-15(24-5-2)11-8-12-16(17)25-19(21)20-18(22)13-9-6-7-10-14(13)23-3/h6-12H,4-5H2,1-3H3. The van der Waals surface area contributed by atoms with Crippen LogP contribution >= 0.6 is 11.3 Å². The van der Waals surface area contributed by atoms with Gasteiger partial charge in [-0.2, -0.15) is 4.99 Å². The van der Waals surface area contributed by atoms with E-state index in [9.17, 15) is 4.79 Å². The van der Waals surface area contributed by atoms with Crippen molar-refractivity contribution in [2.24, 2.45) is 4.99 Å². The van der Waals surface area contributed by atoms with Gasteiger partial charge in [-0.15, -0.1) is 0 Å². The molecule has 3 aromatic rings. The fourth-order valence-corrected chi connectivity index (χ4v) is 3.83. The average molecular weight is 356 g/mol. The molecule has 0 spiro atoms. The first kappa shape index (κ1) is 17.2. The van der Waals surface area contributed by atoms with Crippen molar-refractivity contribution in [2.45, 2.75) is 20.4 Å². The summed E-state index contributed by atoms with van der Waals surface area (Å²) in [6, 6.07) is 13.0. The summed E-state index contributed by atoms with van der Waals surface area (Å²) >= 11 is 1.48. The van der Waals surface area contributed by atoms with E-state index in [-0.39, 0.29) is 5.91 Å². The van der Waals surface area contributed by atoms with Crippen molar-refractivity contribution in [3.63, 3.8) is 0 Å². The number of hydrogen-bond acceptors (Lipinski definition) is 4. The van der Waals surface area contributed by atoms with Crippen LogP contribution in [-0.4, -0.2) is 24.2 Å². The Bertz CT molecular complexity index is 972. The zero-order chi connectivity index (χ0) is 17.8. The summed E-state index contributed by atoms with van der Waals surface area (Å²) < 4.78 is 14.1. The Kier molecular flexibility index (Phi) is 5.19. The number of para-hydroxylation sites is 2. The highest BCUT2D eigenvalue weighted by molar-refractivity contribution is 7.16. The van der Waals surface area contributed by atoms with Crippen LogP contribution in [0, 0.1) is 0 Å². The minimum atomic E-state index is -0.316. The number of aromatic nitrogens is 1. The minimum Gasteiger partial charge on any atom is -0.496 e. The van der Waals surface area contributed by atoms with Gasteiger partial charge in [0.15, 0.2) is 4.80 Å². The van der Waals surface area contributed by atoms with E-state index in [1.165, 1.54) is 11.3 Å². The Hall–Kier alpha value is -2.60. The first-order valence-electron chi connectivity index (χ1n) is 8.16. The predicted molar refractivity (Wildman–Crippen MR) is 99.5 cm³/mol. The molecule has 130 valence electrons. The molecule has 25 heavy (non-hydrogen) atoms. The van der Waals surface area contributed by atoms with Gasteiger partial charge in [0, 0.05) is 6.54 Å². The molecule has 3 rings (SSSR count). The molecular weight excluding hydrogens is 336 g/mol. The lowest BCUT2D eigenvalue weighted by Crippen LogP contribution is -2.16. The summed E-state index contributed by atoms with van der Waals surface area (Å²) in [4.78, 5) is 17.7. The molecular formula is C19H20N2O3S. The number of carbonyl (C=O) groups excluding carboxylic acids is 1. The molecule has 0 N–H and O–H groups in total. The normalized spacial score (nSPS) is 11.7. The van der Waals surface area contributed by atoms with Crippen molar-refractivity contribution in [3.8, 4) is 11.5 Å². The van der Waals surface area contributed by atoms with Gasteiger partial charge in [0.25, 0.3) is 5.91 Å². The predicted octanol–water partition coefficient (Wildman–Crippen LogP) is 3.87. The number of methoxy groups -OCH3 is 1. The summed E-state index contributed by atoms with van der Waals surface area (Å²) in [5, 5.41) is 0.